The van der Waals surface area contributed by atoms with Crippen molar-refractivity contribution >= 4 is 29.8 Å². The van der Waals surface area contributed by atoms with E-state index in [0.717, 1.165) is 16.9 Å². The second-order valence-electron chi connectivity index (χ2n) is 8.61. The van der Waals surface area contributed by atoms with Gasteiger partial charge in [-0.1, -0.05) is 31.2 Å². The largest absolute Gasteiger partial charge is 0.468 e. The van der Waals surface area contributed by atoms with Gasteiger partial charge in [-0.15, -0.1) is 0 Å². The van der Waals surface area contributed by atoms with Crippen LogP contribution < -0.4 is 16.4 Å². The third-order valence-electron chi connectivity index (χ3n) is 4.72. The normalized spacial score (nSPS) is 12.6. The molecule has 0 bridgehead atoms. The van der Waals surface area contributed by atoms with Gasteiger partial charge in [0.2, 0.25) is 17.7 Å². The Morgan fingerprint density at radius 3 is 2.15 bits per heavy atom. The van der Waals surface area contributed by atoms with Crippen LogP contribution in [0.4, 0.5) is 4.79 Å². The van der Waals surface area contributed by atoms with E-state index in [1.54, 1.807) is 32.9 Å². The number of hydrogen-bond donors (Lipinski definition) is 3. The number of nitrogens with zero attached hydrogens (tertiary/aromatic N) is 1. The summed E-state index contributed by atoms with van der Waals surface area (Å²) in [6, 6.07) is 4.47. The number of methoxy groups -OCH3 is 1. The van der Waals surface area contributed by atoms with E-state index < -0.39 is 60.4 Å². The van der Waals surface area contributed by atoms with Crippen molar-refractivity contribution in [3.8, 4) is 0 Å². The summed E-state index contributed by atoms with van der Waals surface area (Å²) in [5.74, 6) is -2.90. The van der Waals surface area contributed by atoms with Gasteiger partial charge in [0.15, 0.2) is 0 Å². The summed E-state index contributed by atoms with van der Waals surface area (Å²) < 4.78 is 9.71. The van der Waals surface area contributed by atoms with Crippen molar-refractivity contribution in [2.45, 2.75) is 58.2 Å². The molecular weight excluding hydrogens is 444 g/mol. The van der Waals surface area contributed by atoms with Crippen LogP contribution in [0.1, 0.15) is 51.3 Å². The number of nitrogens with two attached hydrogens (primary N) is 1. The second kappa shape index (κ2) is 12.6. The maximum absolute atomic E-state index is 13.3. The van der Waals surface area contributed by atoms with Crippen molar-refractivity contribution in [1.82, 2.24) is 15.5 Å². The quantitative estimate of drug-likeness (QED) is 0.420. The van der Waals surface area contributed by atoms with Gasteiger partial charge < -0.3 is 30.7 Å². The molecule has 0 aliphatic heterocycles. The van der Waals surface area contributed by atoms with E-state index in [0.29, 0.717) is 5.56 Å². The first-order valence-electron chi connectivity index (χ1n) is 10.8. The lowest BCUT2D eigenvalue weighted by Crippen LogP contribution is -2.53. The van der Waals surface area contributed by atoms with Crippen LogP contribution in [0.5, 0.6) is 0 Å². The maximum Gasteiger partial charge on any atom is 0.408 e. The SMILES string of the molecule is CCc1ccc(C(C(=O)NCC(=O)OC)N(C)C(=O)C(CC(N)=O)NC(=O)OC(C)(C)C)cc1. The van der Waals surface area contributed by atoms with E-state index in [9.17, 15) is 24.0 Å². The highest BCUT2D eigenvalue weighted by Crippen LogP contribution is 2.22. The Morgan fingerprint density at radius 2 is 1.68 bits per heavy atom. The molecule has 11 nitrogen and oxygen atoms in total. The zero-order valence-corrected chi connectivity index (χ0v) is 20.5. The standard InChI is InChI=1S/C23H34N4O7/c1-7-14-8-10-15(11-9-14)19(20(30)25-13-18(29)33-6)27(5)21(31)16(12-17(24)28)26-22(32)34-23(2,3)4/h8-11,16,19H,7,12-13H2,1-6H3,(H2,24,28)(H,25,30)(H,26,32). The highest BCUT2D eigenvalue weighted by atomic mass is 16.6. The summed E-state index contributed by atoms with van der Waals surface area (Å²) >= 11 is 0. The van der Waals surface area contributed by atoms with E-state index in [2.05, 4.69) is 15.4 Å². The first kappa shape index (κ1) is 28.4. The zero-order valence-electron chi connectivity index (χ0n) is 20.5. The minimum atomic E-state index is -1.37. The van der Waals surface area contributed by atoms with Crippen molar-refractivity contribution in [2.75, 3.05) is 20.7 Å². The Kier molecular flexibility index (Phi) is 10.5. The molecule has 0 heterocycles. The van der Waals surface area contributed by atoms with Crippen LogP contribution in [0.2, 0.25) is 0 Å². The lowest BCUT2D eigenvalue weighted by atomic mass is 10.0. The third-order valence-corrected chi connectivity index (χ3v) is 4.72. The molecule has 34 heavy (non-hydrogen) atoms. The van der Waals surface area contributed by atoms with Crippen LogP contribution >= 0.6 is 0 Å². The number of primary amides is 1. The Labute approximate surface area is 199 Å². The highest BCUT2D eigenvalue weighted by Gasteiger charge is 2.35. The molecule has 1 aromatic rings. The fraction of sp³-hybridized carbons (Fsp3) is 0.522. The molecular formula is C23H34N4O7. The Hall–Kier alpha value is -3.63. The summed E-state index contributed by atoms with van der Waals surface area (Å²) in [6.07, 6.45) is -0.651. The Bertz CT molecular complexity index is 894. The molecule has 0 radical (unpaired) electrons. The predicted octanol–water partition coefficient (Wildman–Crippen LogP) is 0.806. The lowest BCUT2D eigenvalue weighted by molar-refractivity contribution is -0.144. The molecule has 1 aromatic carbocycles. The number of carbonyl (C=O) groups excluding carboxylic acids is 5. The maximum atomic E-state index is 13.3. The van der Waals surface area contributed by atoms with Crippen LogP contribution in [0.3, 0.4) is 0 Å². The van der Waals surface area contributed by atoms with Gasteiger partial charge in [0, 0.05) is 7.05 Å². The molecule has 0 fully saturated rings. The van der Waals surface area contributed by atoms with Gasteiger partial charge in [-0.25, -0.2) is 4.79 Å². The highest BCUT2D eigenvalue weighted by molar-refractivity contribution is 5.95. The van der Waals surface area contributed by atoms with Gasteiger partial charge in [-0.3, -0.25) is 19.2 Å². The summed E-state index contributed by atoms with van der Waals surface area (Å²) in [6.45, 7) is 6.51. The summed E-state index contributed by atoms with van der Waals surface area (Å²) in [5.41, 5.74) is 5.92. The average molecular weight is 479 g/mol. The molecule has 2 atom stereocenters. The number of benzene rings is 1. The Morgan fingerprint density at radius 1 is 1.09 bits per heavy atom. The molecule has 188 valence electrons. The van der Waals surface area contributed by atoms with Gasteiger partial charge in [-0.05, 0) is 38.3 Å². The monoisotopic (exact) mass is 478 g/mol. The van der Waals surface area contributed by atoms with Crippen molar-refractivity contribution in [2.24, 2.45) is 5.73 Å². The smallest absolute Gasteiger partial charge is 0.408 e. The number of amides is 4. The molecule has 11 heteroatoms. The van der Waals surface area contributed by atoms with E-state index in [1.807, 2.05) is 19.1 Å². The number of esters is 1. The zero-order chi connectivity index (χ0) is 26.1. The first-order chi connectivity index (χ1) is 15.8. The minimum absolute atomic E-state index is 0.401. The molecule has 2 unspecified atom stereocenters. The predicted molar refractivity (Wildman–Crippen MR) is 123 cm³/mol. The Balaban J connectivity index is 3.25. The number of aryl methyl sites for hydroxylation is 1. The van der Waals surface area contributed by atoms with Crippen molar-refractivity contribution in [3.63, 3.8) is 0 Å². The second-order valence-corrected chi connectivity index (χ2v) is 8.61. The van der Waals surface area contributed by atoms with Gasteiger partial charge in [0.25, 0.3) is 0 Å². The molecule has 1 rings (SSSR count). The number of carbonyl (C=O) groups is 5. The number of likely N-dealkylation sites (N-methyl/N-ethyl adjacent to an activating group) is 1. The van der Waals surface area contributed by atoms with Gasteiger partial charge in [0.1, 0.15) is 24.2 Å². The molecule has 0 aromatic heterocycles. The summed E-state index contributed by atoms with van der Waals surface area (Å²) in [4.78, 5) is 62.7. The van der Waals surface area contributed by atoms with Crippen molar-refractivity contribution < 1.29 is 33.4 Å². The topological polar surface area (TPSA) is 157 Å². The van der Waals surface area contributed by atoms with Crippen molar-refractivity contribution in [3.05, 3.63) is 35.4 Å². The average Bonchev–Trinajstić information content (AvgIpc) is 2.75. The van der Waals surface area contributed by atoms with Gasteiger partial charge in [-0.2, -0.15) is 0 Å². The first-order valence-corrected chi connectivity index (χ1v) is 10.8. The van der Waals surface area contributed by atoms with E-state index in [1.165, 1.54) is 14.2 Å². The van der Waals surface area contributed by atoms with Crippen LogP contribution in [0.15, 0.2) is 24.3 Å². The summed E-state index contributed by atoms with van der Waals surface area (Å²) in [7, 11) is 2.53. The third kappa shape index (κ3) is 9.08. The fourth-order valence-corrected chi connectivity index (χ4v) is 3.04. The molecule has 4 N–H and O–H groups in total. The summed E-state index contributed by atoms with van der Waals surface area (Å²) in [5, 5.41) is 4.79. The molecule has 4 amide bonds. The van der Waals surface area contributed by atoms with Gasteiger partial charge >= 0.3 is 12.1 Å². The molecule has 0 aliphatic rings. The molecule has 0 spiro atoms. The number of nitrogens with one attached hydrogen (secondary N) is 2. The van der Waals surface area contributed by atoms with Crippen LogP contribution in [0, 0.1) is 0 Å². The van der Waals surface area contributed by atoms with Crippen LogP contribution in [-0.4, -0.2) is 67.0 Å². The molecule has 0 saturated heterocycles. The number of rotatable bonds is 10. The number of hydrogen-bond acceptors (Lipinski definition) is 7. The minimum Gasteiger partial charge on any atom is -0.468 e. The number of alkyl carbamates (subject to hydrolysis) is 1. The van der Waals surface area contributed by atoms with Crippen molar-refractivity contribution in [1.29, 1.82) is 0 Å². The van der Waals surface area contributed by atoms with E-state index in [-0.39, 0.29) is 0 Å². The number of ether oxygens (including phenoxy) is 2. The molecule has 0 saturated carbocycles. The van der Waals surface area contributed by atoms with Crippen LogP contribution in [-0.2, 0) is 35.1 Å². The fourth-order valence-electron chi connectivity index (χ4n) is 3.04. The van der Waals surface area contributed by atoms with Crippen LogP contribution in [0.25, 0.3) is 0 Å². The lowest BCUT2D eigenvalue weighted by Gasteiger charge is -2.31. The van der Waals surface area contributed by atoms with E-state index >= 15 is 0 Å². The van der Waals surface area contributed by atoms with Gasteiger partial charge in [0.05, 0.1) is 13.5 Å². The van der Waals surface area contributed by atoms with E-state index in [4.69, 9.17) is 10.5 Å². The molecule has 0 aliphatic carbocycles.